The van der Waals surface area contributed by atoms with Gasteiger partial charge in [0.1, 0.15) is 0 Å². The Balaban J connectivity index is 1.81. The molecular formula is C11H19N5O2. The second-order valence-corrected chi connectivity index (χ2v) is 4.72. The molecule has 1 aliphatic rings. The number of hydrogen-bond donors (Lipinski definition) is 3. The molecule has 1 aliphatic heterocycles. The highest BCUT2D eigenvalue weighted by Gasteiger charge is 2.19. The van der Waals surface area contributed by atoms with Crippen LogP contribution in [0.2, 0.25) is 0 Å². The van der Waals surface area contributed by atoms with Gasteiger partial charge >= 0.3 is 6.01 Å². The third-order valence-corrected chi connectivity index (χ3v) is 2.72. The molecule has 0 saturated carbocycles. The topological polar surface area (TPSA) is 92.1 Å². The summed E-state index contributed by atoms with van der Waals surface area (Å²) in [6, 6.07) is 0.952. The van der Waals surface area contributed by atoms with Crippen molar-refractivity contribution in [1.82, 2.24) is 20.8 Å². The van der Waals surface area contributed by atoms with E-state index in [-0.39, 0.29) is 11.9 Å². The summed E-state index contributed by atoms with van der Waals surface area (Å²) in [5.74, 6) is 0.659. The Morgan fingerprint density at radius 2 is 2.33 bits per heavy atom. The molecule has 0 spiro atoms. The summed E-state index contributed by atoms with van der Waals surface area (Å²) in [7, 11) is 0. The van der Waals surface area contributed by atoms with Crippen LogP contribution in [0, 0.1) is 0 Å². The third kappa shape index (κ3) is 3.69. The van der Waals surface area contributed by atoms with Gasteiger partial charge in [0.05, 0.1) is 6.54 Å². The van der Waals surface area contributed by atoms with E-state index in [1.165, 1.54) is 0 Å². The maximum absolute atomic E-state index is 11.0. The quantitative estimate of drug-likeness (QED) is 0.697. The van der Waals surface area contributed by atoms with Crippen LogP contribution in [0.4, 0.5) is 6.01 Å². The summed E-state index contributed by atoms with van der Waals surface area (Å²) in [5, 5.41) is 17.0. The standard InChI is InChI=1S/C11H19N5O2/c1-7(2)12-6-10-15-16-11(18-10)14-8-3-4-9(17)13-5-8/h7-8,12H,3-6H2,1-2H3,(H,13,17)(H,14,16). The molecule has 1 aromatic heterocycles. The Morgan fingerprint density at radius 3 is 3.00 bits per heavy atom. The molecule has 2 heterocycles. The average molecular weight is 253 g/mol. The van der Waals surface area contributed by atoms with Gasteiger partial charge in [0.15, 0.2) is 0 Å². The van der Waals surface area contributed by atoms with Crippen molar-refractivity contribution in [3.63, 3.8) is 0 Å². The molecule has 1 aromatic rings. The van der Waals surface area contributed by atoms with Gasteiger partial charge in [-0.2, -0.15) is 0 Å². The molecule has 1 amide bonds. The lowest BCUT2D eigenvalue weighted by Crippen LogP contribution is -2.41. The zero-order chi connectivity index (χ0) is 13.0. The summed E-state index contributed by atoms with van der Waals surface area (Å²) in [5.41, 5.74) is 0. The first-order valence-corrected chi connectivity index (χ1v) is 6.22. The number of piperidine rings is 1. The lowest BCUT2D eigenvalue weighted by molar-refractivity contribution is -0.122. The second kappa shape index (κ2) is 5.81. The lowest BCUT2D eigenvalue weighted by Gasteiger charge is -2.22. The Hall–Kier alpha value is -1.63. The highest BCUT2D eigenvalue weighted by molar-refractivity contribution is 5.76. The van der Waals surface area contributed by atoms with Gasteiger partial charge in [-0.3, -0.25) is 4.79 Å². The van der Waals surface area contributed by atoms with Crippen LogP contribution in [-0.2, 0) is 11.3 Å². The molecule has 7 nitrogen and oxygen atoms in total. The Kier molecular flexibility index (Phi) is 4.14. The van der Waals surface area contributed by atoms with E-state index < -0.39 is 0 Å². The average Bonchev–Trinajstić information content (AvgIpc) is 2.77. The monoisotopic (exact) mass is 253 g/mol. The minimum absolute atomic E-state index is 0.0976. The zero-order valence-corrected chi connectivity index (χ0v) is 10.7. The van der Waals surface area contributed by atoms with Crippen molar-refractivity contribution < 1.29 is 9.21 Å². The van der Waals surface area contributed by atoms with Crippen LogP contribution in [0.15, 0.2) is 4.42 Å². The van der Waals surface area contributed by atoms with Gasteiger partial charge in [-0.05, 0) is 6.42 Å². The highest BCUT2D eigenvalue weighted by atomic mass is 16.4. The molecule has 0 radical (unpaired) electrons. The first-order chi connectivity index (χ1) is 8.63. The van der Waals surface area contributed by atoms with Crippen molar-refractivity contribution in [3.05, 3.63) is 5.89 Å². The summed E-state index contributed by atoms with van der Waals surface area (Å²) in [6.45, 7) is 5.27. The van der Waals surface area contributed by atoms with Gasteiger partial charge in [-0.25, -0.2) is 0 Å². The number of carbonyl (C=O) groups excluding carboxylic acids is 1. The van der Waals surface area contributed by atoms with Gasteiger partial charge in [-0.1, -0.05) is 18.9 Å². The van der Waals surface area contributed by atoms with Crippen LogP contribution in [-0.4, -0.2) is 34.7 Å². The van der Waals surface area contributed by atoms with Crippen LogP contribution in [0.3, 0.4) is 0 Å². The molecule has 1 atom stereocenters. The predicted octanol–water partition coefficient (Wildman–Crippen LogP) is 0.258. The van der Waals surface area contributed by atoms with Gasteiger partial charge in [0.2, 0.25) is 11.8 Å². The van der Waals surface area contributed by atoms with Crippen molar-refractivity contribution in [3.8, 4) is 0 Å². The number of carbonyl (C=O) groups is 1. The van der Waals surface area contributed by atoms with Crippen molar-refractivity contribution in [2.24, 2.45) is 0 Å². The summed E-state index contributed by atoms with van der Waals surface area (Å²) in [6.07, 6.45) is 1.32. The second-order valence-electron chi connectivity index (χ2n) is 4.72. The molecule has 3 N–H and O–H groups in total. The van der Waals surface area contributed by atoms with E-state index in [1.54, 1.807) is 0 Å². The van der Waals surface area contributed by atoms with E-state index in [9.17, 15) is 4.79 Å². The number of hydrogen-bond acceptors (Lipinski definition) is 6. The van der Waals surface area contributed by atoms with Gasteiger partial charge in [0, 0.05) is 25.0 Å². The van der Waals surface area contributed by atoms with E-state index in [0.29, 0.717) is 37.5 Å². The minimum atomic E-state index is 0.0976. The molecule has 0 aromatic carbocycles. The maximum Gasteiger partial charge on any atom is 0.315 e. The fourth-order valence-corrected chi connectivity index (χ4v) is 1.71. The number of nitrogens with one attached hydrogen (secondary N) is 3. The van der Waals surface area contributed by atoms with Crippen LogP contribution in [0.5, 0.6) is 0 Å². The van der Waals surface area contributed by atoms with Crippen LogP contribution < -0.4 is 16.0 Å². The van der Waals surface area contributed by atoms with E-state index in [0.717, 1.165) is 6.42 Å². The molecule has 0 bridgehead atoms. The molecule has 100 valence electrons. The van der Waals surface area contributed by atoms with Crippen molar-refractivity contribution >= 4 is 11.9 Å². The highest BCUT2D eigenvalue weighted by Crippen LogP contribution is 2.11. The molecule has 0 aliphatic carbocycles. The van der Waals surface area contributed by atoms with E-state index in [1.807, 2.05) is 0 Å². The molecule has 1 fully saturated rings. The fourth-order valence-electron chi connectivity index (χ4n) is 1.71. The third-order valence-electron chi connectivity index (χ3n) is 2.72. The van der Waals surface area contributed by atoms with Crippen LogP contribution in [0.25, 0.3) is 0 Å². The van der Waals surface area contributed by atoms with E-state index >= 15 is 0 Å². The lowest BCUT2D eigenvalue weighted by atomic mass is 10.1. The van der Waals surface area contributed by atoms with Crippen molar-refractivity contribution in [2.75, 3.05) is 11.9 Å². The molecule has 7 heteroatoms. The Labute approximate surface area is 106 Å². The zero-order valence-electron chi connectivity index (χ0n) is 10.7. The molecule has 18 heavy (non-hydrogen) atoms. The largest absolute Gasteiger partial charge is 0.407 e. The smallest absolute Gasteiger partial charge is 0.315 e. The molecule has 1 unspecified atom stereocenters. The summed E-state index contributed by atoms with van der Waals surface area (Å²) < 4.78 is 5.46. The summed E-state index contributed by atoms with van der Waals surface area (Å²) in [4.78, 5) is 11.0. The van der Waals surface area contributed by atoms with Crippen molar-refractivity contribution in [2.45, 2.75) is 45.3 Å². The maximum atomic E-state index is 11.0. The number of rotatable bonds is 5. The van der Waals surface area contributed by atoms with E-state index in [2.05, 4.69) is 40.0 Å². The predicted molar refractivity (Wildman–Crippen MR) is 65.9 cm³/mol. The number of amides is 1. The number of nitrogens with zero attached hydrogens (tertiary/aromatic N) is 2. The SMILES string of the molecule is CC(C)NCc1nnc(NC2CCC(=O)NC2)o1. The summed E-state index contributed by atoms with van der Waals surface area (Å²) >= 11 is 0. The van der Waals surface area contributed by atoms with Gasteiger partial charge < -0.3 is 20.4 Å². The number of aromatic nitrogens is 2. The Morgan fingerprint density at radius 1 is 1.50 bits per heavy atom. The van der Waals surface area contributed by atoms with Crippen LogP contribution >= 0.6 is 0 Å². The normalized spacial score (nSPS) is 19.9. The van der Waals surface area contributed by atoms with Gasteiger partial charge in [-0.15, -0.1) is 5.10 Å². The number of anilines is 1. The fraction of sp³-hybridized carbons (Fsp3) is 0.727. The minimum Gasteiger partial charge on any atom is -0.407 e. The van der Waals surface area contributed by atoms with Gasteiger partial charge in [0.25, 0.3) is 0 Å². The first-order valence-electron chi connectivity index (χ1n) is 6.22. The van der Waals surface area contributed by atoms with Crippen molar-refractivity contribution in [1.29, 1.82) is 0 Å². The van der Waals surface area contributed by atoms with Crippen LogP contribution in [0.1, 0.15) is 32.6 Å². The molecule has 1 saturated heterocycles. The Bertz CT molecular complexity index is 394. The van der Waals surface area contributed by atoms with E-state index in [4.69, 9.17) is 4.42 Å². The molecule has 2 rings (SSSR count). The molecular weight excluding hydrogens is 234 g/mol. The first kappa shape index (κ1) is 12.8.